The molecule has 0 aromatic carbocycles. The van der Waals surface area contributed by atoms with Gasteiger partial charge in [-0.05, 0) is 32.2 Å². The standard InChI is InChI=1S/C10H23N3O/c1-3-9(4-2)12-8-6-5-7-10(11)13-14/h9,12,14H,3-8H2,1-2H3,(H2,11,13). The van der Waals surface area contributed by atoms with Crippen molar-refractivity contribution >= 4 is 5.84 Å². The predicted octanol–water partition coefficient (Wildman–Crippen LogP) is 1.68. The summed E-state index contributed by atoms with van der Waals surface area (Å²) < 4.78 is 0. The summed E-state index contributed by atoms with van der Waals surface area (Å²) >= 11 is 0. The van der Waals surface area contributed by atoms with Gasteiger partial charge in [0.2, 0.25) is 0 Å². The molecule has 0 aliphatic rings. The Balaban J connectivity index is 3.29. The molecule has 0 fully saturated rings. The van der Waals surface area contributed by atoms with Gasteiger partial charge in [0.25, 0.3) is 0 Å². The third kappa shape index (κ3) is 6.71. The van der Waals surface area contributed by atoms with Crippen LogP contribution >= 0.6 is 0 Å². The van der Waals surface area contributed by atoms with Crippen LogP contribution in [0.2, 0.25) is 0 Å². The van der Waals surface area contributed by atoms with E-state index in [0.717, 1.165) is 19.4 Å². The number of nitrogens with zero attached hydrogens (tertiary/aromatic N) is 1. The zero-order chi connectivity index (χ0) is 10.8. The van der Waals surface area contributed by atoms with Crippen molar-refractivity contribution < 1.29 is 5.21 Å². The number of nitrogens with two attached hydrogens (primary N) is 1. The topological polar surface area (TPSA) is 70.6 Å². The van der Waals surface area contributed by atoms with Crippen molar-refractivity contribution in [2.24, 2.45) is 10.9 Å². The molecule has 0 aromatic rings. The second kappa shape index (κ2) is 8.81. The molecule has 0 aromatic heterocycles. The quantitative estimate of drug-likeness (QED) is 0.184. The molecule has 0 radical (unpaired) electrons. The van der Waals surface area contributed by atoms with E-state index in [-0.39, 0.29) is 0 Å². The summed E-state index contributed by atoms with van der Waals surface area (Å²) in [7, 11) is 0. The molecule has 0 rings (SSSR count). The zero-order valence-electron chi connectivity index (χ0n) is 9.29. The molecule has 0 spiro atoms. The van der Waals surface area contributed by atoms with Crippen LogP contribution < -0.4 is 11.1 Å². The molecule has 0 aliphatic carbocycles. The van der Waals surface area contributed by atoms with Crippen molar-refractivity contribution in [3.05, 3.63) is 0 Å². The molecule has 0 bridgehead atoms. The minimum Gasteiger partial charge on any atom is -0.409 e. The van der Waals surface area contributed by atoms with Gasteiger partial charge in [0.15, 0.2) is 0 Å². The van der Waals surface area contributed by atoms with Crippen LogP contribution in [0.4, 0.5) is 0 Å². The van der Waals surface area contributed by atoms with Gasteiger partial charge in [-0.15, -0.1) is 0 Å². The van der Waals surface area contributed by atoms with E-state index in [0.29, 0.717) is 18.3 Å². The summed E-state index contributed by atoms with van der Waals surface area (Å²) in [5, 5.41) is 14.7. The number of oxime groups is 1. The molecular weight excluding hydrogens is 178 g/mol. The Kier molecular flexibility index (Phi) is 8.33. The van der Waals surface area contributed by atoms with Gasteiger partial charge in [-0.25, -0.2) is 0 Å². The number of rotatable bonds is 8. The highest BCUT2D eigenvalue weighted by atomic mass is 16.4. The van der Waals surface area contributed by atoms with Crippen molar-refractivity contribution in [1.29, 1.82) is 0 Å². The van der Waals surface area contributed by atoms with Crippen LogP contribution in [0.1, 0.15) is 46.0 Å². The second-order valence-corrected chi connectivity index (χ2v) is 3.52. The van der Waals surface area contributed by atoms with Crippen LogP contribution in [-0.4, -0.2) is 23.6 Å². The fraction of sp³-hybridized carbons (Fsp3) is 0.900. The van der Waals surface area contributed by atoms with Gasteiger partial charge in [0, 0.05) is 12.5 Å². The average molecular weight is 201 g/mol. The molecule has 84 valence electrons. The largest absolute Gasteiger partial charge is 0.409 e. The van der Waals surface area contributed by atoms with E-state index >= 15 is 0 Å². The van der Waals surface area contributed by atoms with Gasteiger partial charge < -0.3 is 16.3 Å². The number of hydrogen-bond acceptors (Lipinski definition) is 3. The number of nitrogens with one attached hydrogen (secondary N) is 1. The number of unbranched alkanes of at least 4 members (excludes halogenated alkanes) is 1. The molecule has 0 saturated carbocycles. The summed E-state index contributed by atoms with van der Waals surface area (Å²) in [6.45, 7) is 5.40. The smallest absolute Gasteiger partial charge is 0.139 e. The molecule has 0 atom stereocenters. The number of hydrogen-bond donors (Lipinski definition) is 3. The Morgan fingerprint density at radius 2 is 2.00 bits per heavy atom. The predicted molar refractivity (Wildman–Crippen MR) is 59.6 cm³/mol. The number of amidine groups is 1. The lowest BCUT2D eigenvalue weighted by Crippen LogP contribution is -2.28. The maximum absolute atomic E-state index is 8.30. The van der Waals surface area contributed by atoms with Gasteiger partial charge in [0.05, 0.1) is 0 Å². The fourth-order valence-electron chi connectivity index (χ4n) is 1.36. The van der Waals surface area contributed by atoms with Crippen LogP contribution in [-0.2, 0) is 0 Å². The Bertz CT molecular complexity index is 155. The van der Waals surface area contributed by atoms with Crippen molar-refractivity contribution in [3.63, 3.8) is 0 Å². The maximum atomic E-state index is 8.30. The van der Waals surface area contributed by atoms with Crippen LogP contribution in [0.15, 0.2) is 5.16 Å². The maximum Gasteiger partial charge on any atom is 0.139 e. The van der Waals surface area contributed by atoms with Gasteiger partial charge in [-0.3, -0.25) is 0 Å². The summed E-state index contributed by atoms with van der Waals surface area (Å²) in [6, 6.07) is 0.638. The molecular formula is C10H23N3O. The lowest BCUT2D eigenvalue weighted by molar-refractivity contribution is 0.316. The van der Waals surface area contributed by atoms with E-state index in [1.165, 1.54) is 12.8 Å². The monoisotopic (exact) mass is 201 g/mol. The third-order valence-electron chi connectivity index (χ3n) is 2.41. The van der Waals surface area contributed by atoms with E-state index < -0.39 is 0 Å². The lowest BCUT2D eigenvalue weighted by atomic mass is 10.1. The van der Waals surface area contributed by atoms with Crippen LogP contribution in [0, 0.1) is 0 Å². The Labute approximate surface area is 86.6 Å². The molecule has 0 heterocycles. The average Bonchev–Trinajstić information content (AvgIpc) is 2.23. The lowest BCUT2D eigenvalue weighted by Gasteiger charge is -2.13. The van der Waals surface area contributed by atoms with E-state index in [9.17, 15) is 0 Å². The summed E-state index contributed by atoms with van der Waals surface area (Å²) in [5.41, 5.74) is 5.35. The Morgan fingerprint density at radius 3 is 2.50 bits per heavy atom. The van der Waals surface area contributed by atoms with E-state index in [1.807, 2.05) is 0 Å². The molecule has 4 heteroatoms. The first-order valence-corrected chi connectivity index (χ1v) is 5.44. The fourth-order valence-corrected chi connectivity index (χ4v) is 1.36. The first-order chi connectivity index (χ1) is 6.74. The molecule has 4 N–H and O–H groups in total. The third-order valence-corrected chi connectivity index (χ3v) is 2.41. The van der Waals surface area contributed by atoms with Crippen molar-refractivity contribution in [1.82, 2.24) is 5.32 Å². The highest BCUT2D eigenvalue weighted by molar-refractivity contribution is 5.79. The van der Waals surface area contributed by atoms with E-state index in [1.54, 1.807) is 0 Å². The van der Waals surface area contributed by atoms with Gasteiger partial charge in [-0.2, -0.15) is 0 Å². The minimum absolute atomic E-state index is 0.326. The highest BCUT2D eigenvalue weighted by Crippen LogP contribution is 1.98. The van der Waals surface area contributed by atoms with Gasteiger partial charge in [0.1, 0.15) is 5.84 Å². The SMILES string of the molecule is CCC(CC)NCCCCC(N)=NO. The highest BCUT2D eigenvalue weighted by Gasteiger charge is 2.00. The van der Waals surface area contributed by atoms with Crippen LogP contribution in [0.5, 0.6) is 0 Å². The van der Waals surface area contributed by atoms with Crippen LogP contribution in [0.3, 0.4) is 0 Å². The summed E-state index contributed by atoms with van der Waals surface area (Å²) in [6.07, 6.45) is 5.09. The normalized spacial score (nSPS) is 12.4. The first-order valence-electron chi connectivity index (χ1n) is 5.44. The molecule has 0 saturated heterocycles. The van der Waals surface area contributed by atoms with Crippen molar-refractivity contribution in [2.75, 3.05) is 6.54 Å². The van der Waals surface area contributed by atoms with Crippen LogP contribution in [0.25, 0.3) is 0 Å². The summed E-state index contributed by atoms with van der Waals surface area (Å²) in [5.74, 6) is 0.326. The van der Waals surface area contributed by atoms with Crippen molar-refractivity contribution in [2.45, 2.75) is 52.0 Å². The van der Waals surface area contributed by atoms with E-state index in [2.05, 4.69) is 24.3 Å². The second-order valence-electron chi connectivity index (χ2n) is 3.52. The molecule has 4 nitrogen and oxygen atoms in total. The van der Waals surface area contributed by atoms with Crippen molar-refractivity contribution in [3.8, 4) is 0 Å². The summed E-state index contributed by atoms with van der Waals surface area (Å²) in [4.78, 5) is 0. The van der Waals surface area contributed by atoms with Gasteiger partial charge >= 0.3 is 0 Å². The molecule has 14 heavy (non-hydrogen) atoms. The first kappa shape index (κ1) is 13.2. The van der Waals surface area contributed by atoms with E-state index in [4.69, 9.17) is 10.9 Å². The van der Waals surface area contributed by atoms with Gasteiger partial charge in [-0.1, -0.05) is 19.0 Å². The zero-order valence-corrected chi connectivity index (χ0v) is 9.29. The molecule has 0 unspecified atom stereocenters. The minimum atomic E-state index is 0.326. The Morgan fingerprint density at radius 1 is 1.36 bits per heavy atom. The Hall–Kier alpha value is -0.770. The molecule has 0 amide bonds. The molecule has 0 aliphatic heterocycles.